The van der Waals surface area contributed by atoms with Crippen molar-refractivity contribution in [2.45, 2.75) is 45.7 Å². The number of hydrogen-bond donors (Lipinski definition) is 0. The normalized spacial score (nSPS) is 22.1. The molecule has 0 radical (unpaired) electrons. The molecule has 3 unspecified atom stereocenters. The fraction of sp³-hybridized carbons (Fsp3) is 0.476. The number of nitrogens with zero attached hydrogens (tertiary/aromatic N) is 3. The van der Waals surface area contributed by atoms with E-state index >= 15 is 0 Å². The van der Waals surface area contributed by atoms with Gasteiger partial charge >= 0.3 is 0 Å². The minimum atomic E-state index is -0.435. The molecule has 0 N–H and O–H groups in total. The summed E-state index contributed by atoms with van der Waals surface area (Å²) in [7, 11) is 1.50. The lowest BCUT2D eigenvalue weighted by Gasteiger charge is -2.41. The molecule has 1 aliphatic rings. The highest BCUT2D eigenvalue weighted by atomic mass is 35.5. The average Bonchev–Trinajstić information content (AvgIpc) is 2.66. The van der Waals surface area contributed by atoms with E-state index in [1.807, 2.05) is 0 Å². The van der Waals surface area contributed by atoms with Crippen LogP contribution in [0.2, 0.25) is 5.02 Å². The van der Waals surface area contributed by atoms with Crippen molar-refractivity contribution in [2.75, 3.05) is 0 Å². The molecule has 2 aromatic rings. The highest BCUT2D eigenvalue weighted by molar-refractivity contribution is 6.31. The van der Waals surface area contributed by atoms with E-state index in [2.05, 4.69) is 18.9 Å². The zero-order chi connectivity index (χ0) is 20.4. The molecular weight excluding hydrogens is 381 g/mol. The summed E-state index contributed by atoms with van der Waals surface area (Å²) in [6, 6.07) is 7.22. The summed E-state index contributed by atoms with van der Waals surface area (Å²) in [4.78, 5) is 26.7. The van der Waals surface area contributed by atoms with Gasteiger partial charge in [-0.05, 0) is 36.5 Å². The molecule has 1 heterocycles. The summed E-state index contributed by atoms with van der Waals surface area (Å²) in [6.07, 6.45) is 2.96. The zero-order valence-electron chi connectivity index (χ0n) is 16.4. The highest BCUT2D eigenvalue weighted by Gasteiger charge is 2.35. The van der Waals surface area contributed by atoms with Crippen LogP contribution in [0.15, 0.2) is 35.1 Å². The van der Waals surface area contributed by atoms with Crippen LogP contribution in [0.5, 0.6) is 0 Å². The molecule has 3 atom stereocenters. The number of carbonyl (C=O) groups excluding carboxylic acids is 1. The smallest absolute Gasteiger partial charge is 0.274 e. The topological polar surface area (TPSA) is 55.2 Å². The third-order valence-electron chi connectivity index (χ3n) is 5.89. The Morgan fingerprint density at radius 2 is 2.04 bits per heavy atom. The molecule has 0 aliphatic heterocycles. The van der Waals surface area contributed by atoms with Gasteiger partial charge in [0.25, 0.3) is 11.5 Å². The number of aromatic nitrogens is 2. The molecular formula is C21H25ClFN3O2. The van der Waals surface area contributed by atoms with Gasteiger partial charge in [0, 0.05) is 29.7 Å². The van der Waals surface area contributed by atoms with Crippen LogP contribution in [-0.4, -0.2) is 26.6 Å². The molecule has 1 saturated carbocycles. The second-order valence-electron chi connectivity index (χ2n) is 7.65. The summed E-state index contributed by atoms with van der Waals surface area (Å²) in [6.45, 7) is 4.38. The maximum atomic E-state index is 14.5. The minimum Gasteiger partial charge on any atom is -0.330 e. The Morgan fingerprint density at radius 3 is 2.71 bits per heavy atom. The Kier molecular flexibility index (Phi) is 6.18. The number of rotatable bonds is 4. The number of halogens is 2. The number of amides is 1. The molecule has 1 aromatic heterocycles. The predicted octanol–water partition coefficient (Wildman–Crippen LogP) is 4.04. The first-order chi connectivity index (χ1) is 13.3. The molecule has 1 aromatic carbocycles. The van der Waals surface area contributed by atoms with E-state index < -0.39 is 5.82 Å². The number of hydrogen-bond acceptors (Lipinski definition) is 3. The molecule has 3 rings (SSSR count). The lowest BCUT2D eigenvalue weighted by molar-refractivity contribution is 0.0438. The summed E-state index contributed by atoms with van der Waals surface area (Å²) in [5, 5.41) is 4.40. The standard InChI is InChI=1S/C21H25ClFN3O2/c1-13-6-4-9-19(14(13)2)26(12-15-16(22)7-5-8-17(15)23)21(28)18-10-11-20(27)25(3)24-18/h5,7-8,10-11,13-14,19H,4,6,9,12H2,1-3H3. The van der Waals surface area contributed by atoms with Crippen LogP contribution in [-0.2, 0) is 13.6 Å². The third-order valence-corrected chi connectivity index (χ3v) is 6.25. The van der Waals surface area contributed by atoms with Gasteiger partial charge in [-0.2, -0.15) is 5.10 Å². The van der Waals surface area contributed by atoms with E-state index in [0.717, 1.165) is 23.9 Å². The van der Waals surface area contributed by atoms with Crippen molar-refractivity contribution in [3.05, 3.63) is 62.8 Å². The summed E-state index contributed by atoms with van der Waals surface area (Å²) in [5.41, 5.74) is 0.174. The molecule has 28 heavy (non-hydrogen) atoms. The van der Waals surface area contributed by atoms with E-state index in [9.17, 15) is 14.0 Å². The van der Waals surface area contributed by atoms with Gasteiger partial charge in [0.2, 0.25) is 0 Å². The van der Waals surface area contributed by atoms with Crippen LogP contribution < -0.4 is 5.56 Å². The first-order valence-corrected chi connectivity index (χ1v) is 9.95. The van der Waals surface area contributed by atoms with Crippen molar-refractivity contribution < 1.29 is 9.18 Å². The Morgan fingerprint density at radius 1 is 1.29 bits per heavy atom. The van der Waals surface area contributed by atoms with Crippen LogP contribution in [0.3, 0.4) is 0 Å². The molecule has 150 valence electrons. The fourth-order valence-corrected chi connectivity index (χ4v) is 4.17. The zero-order valence-corrected chi connectivity index (χ0v) is 17.1. The molecule has 0 saturated heterocycles. The second kappa shape index (κ2) is 8.43. The van der Waals surface area contributed by atoms with Gasteiger partial charge in [-0.25, -0.2) is 9.07 Å². The van der Waals surface area contributed by atoms with Gasteiger partial charge in [0.05, 0.1) is 6.54 Å². The van der Waals surface area contributed by atoms with Crippen LogP contribution in [0, 0.1) is 17.7 Å². The Labute approximate surface area is 169 Å². The monoisotopic (exact) mass is 405 g/mol. The number of carbonyl (C=O) groups is 1. The number of benzene rings is 1. The average molecular weight is 406 g/mol. The van der Waals surface area contributed by atoms with Crippen molar-refractivity contribution in [1.82, 2.24) is 14.7 Å². The lowest BCUT2D eigenvalue weighted by Crippen LogP contribution is -2.47. The van der Waals surface area contributed by atoms with Gasteiger partial charge in [-0.15, -0.1) is 0 Å². The SMILES string of the molecule is CC1CCCC(N(Cc2c(F)cccc2Cl)C(=O)c2ccc(=O)n(C)n2)C1C. The van der Waals surface area contributed by atoms with Crippen molar-refractivity contribution in [3.8, 4) is 0 Å². The summed E-state index contributed by atoms with van der Waals surface area (Å²) < 4.78 is 15.6. The largest absolute Gasteiger partial charge is 0.330 e. The van der Waals surface area contributed by atoms with Crippen LogP contribution in [0.1, 0.15) is 49.2 Å². The third kappa shape index (κ3) is 4.12. The van der Waals surface area contributed by atoms with Crippen LogP contribution >= 0.6 is 11.6 Å². The Hall–Kier alpha value is -2.21. The first kappa shape index (κ1) is 20.5. The summed E-state index contributed by atoms with van der Waals surface area (Å²) in [5.74, 6) is -0.0369. The molecule has 1 aliphatic carbocycles. The molecule has 1 amide bonds. The molecule has 5 nitrogen and oxygen atoms in total. The Balaban J connectivity index is 2.01. The van der Waals surface area contributed by atoms with Crippen LogP contribution in [0.25, 0.3) is 0 Å². The van der Waals surface area contributed by atoms with Gasteiger partial charge < -0.3 is 4.90 Å². The predicted molar refractivity (Wildman–Crippen MR) is 107 cm³/mol. The molecule has 1 fully saturated rings. The van der Waals surface area contributed by atoms with Crippen molar-refractivity contribution in [2.24, 2.45) is 18.9 Å². The molecule has 7 heteroatoms. The van der Waals surface area contributed by atoms with Gasteiger partial charge in [0.15, 0.2) is 0 Å². The Bertz CT molecular complexity index is 910. The van der Waals surface area contributed by atoms with Gasteiger partial charge in [0.1, 0.15) is 11.5 Å². The van der Waals surface area contributed by atoms with E-state index in [-0.39, 0.29) is 35.7 Å². The minimum absolute atomic E-state index is 0.0500. The molecule has 0 spiro atoms. The fourth-order valence-electron chi connectivity index (χ4n) is 3.95. The molecule has 0 bridgehead atoms. The van der Waals surface area contributed by atoms with Crippen molar-refractivity contribution in [1.29, 1.82) is 0 Å². The van der Waals surface area contributed by atoms with Gasteiger partial charge in [-0.3, -0.25) is 9.59 Å². The summed E-state index contributed by atoms with van der Waals surface area (Å²) >= 11 is 6.24. The van der Waals surface area contributed by atoms with Crippen LogP contribution in [0.4, 0.5) is 4.39 Å². The quantitative estimate of drug-likeness (QED) is 0.771. The van der Waals surface area contributed by atoms with E-state index in [0.29, 0.717) is 16.5 Å². The maximum Gasteiger partial charge on any atom is 0.274 e. The lowest BCUT2D eigenvalue weighted by atomic mass is 9.77. The van der Waals surface area contributed by atoms with Gasteiger partial charge in [-0.1, -0.05) is 44.4 Å². The highest BCUT2D eigenvalue weighted by Crippen LogP contribution is 2.35. The van der Waals surface area contributed by atoms with E-state index in [1.165, 1.54) is 25.2 Å². The van der Waals surface area contributed by atoms with E-state index in [1.54, 1.807) is 17.0 Å². The van der Waals surface area contributed by atoms with Crippen molar-refractivity contribution in [3.63, 3.8) is 0 Å². The first-order valence-electron chi connectivity index (χ1n) is 9.57. The van der Waals surface area contributed by atoms with E-state index in [4.69, 9.17) is 11.6 Å². The number of aryl methyl sites for hydroxylation is 1. The maximum absolute atomic E-state index is 14.5. The van der Waals surface area contributed by atoms with Crippen molar-refractivity contribution >= 4 is 17.5 Å². The second-order valence-corrected chi connectivity index (χ2v) is 8.06.